The van der Waals surface area contributed by atoms with Gasteiger partial charge in [0.1, 0.15) is 0 Å². The Morgan fingerprint density at radius 1 is 0.960 bits per heavy atom. The van der Waals surface area contributed by atoms with E-state index in [0.717, 1.165) is 12.1 Å². The van der Waals surface area contributed by atoms with Crippen LogP contribution in [0.2, 0.25) is 5.02 Å². The summed E-state index contributed by atoms with van der Waals surface area (Å²) in [5, 5.41) is 3.74. The quantitative estimate of drug-likeness (QED) is 0.841. The highest BCUT2D eigenvalue weighted by Gasteiger charge is 2.12. The van der Waals surface area contributed by atoms with Crippen LogP contribution in [-0.4, -0.2) is 23.9 Å². The van der Waals surface area contributed by atoms with E-state index in [-0.39, 0.29) is 5.91 Å². The lowest BCUT2D eigenvalue weighted by Crippen LogP contribution is -2.30. The number of carbonyl (C=O) groups excluding carboxylic acids is 1. The van der Waals surface area contributed by atoms with E-state index in [1.807, 2.05) is 30.3 Å². The Bertz CT molecular complexity index is 693. The summed E-state index contributed by atoms with van der Waals surface area (Å²) < 4.78 is 0. The minimum absolute atomic E-state index is 0.0371. The molecule has 2 aromatic carbocycles. The summed E-state index contributed by atoms with van der Waals surface area (Å²) in [5.74, 6) is 0.0371. The molecule has 0 radical (unpaired) electrons. The van der Waals surface area contributed by atoms with Crippen molar-refractivity contribution < 1.29 is 4.79 Å². The van der Waals surface area contributed by atoms with Gasteiger partial charge >= 0.3 is 0 Å². The first-order chi connectivity index (χ1) is 12.2. The summed E-state index contributed by atoms with van der Waals surface area (Å²) in [4.78, 5) is 14.7. The van der Waals surface area contributed by atoms with Gasteiger partial charge in [-0.2, -0.15) is 0 Å². The Labute approximate surface area is 155 Å². The molecule has 1 saturated heterocycles. The van der Waals surface area contributed by atoms with Gasteiger partial charge in [-0.15, -0.1) is 0 Å². The second kappa shape index (κ2) is 9.02. The zero-order chi connectivity index (χ0) is 17.5. The van der Waals surface area contributed by atoms with Crippen LogP contribution >= 0.6 is 11.6 Å². The Morgan fingerprint density at radius 3 is 2.36 bits per heavy atom. The van der Waals surface area contributed by atoms with Crippen LogP contribution in [0.1, 0.15) is 36.0 Å². The first-order valence-electron chi connectivity index (χ1n) is 9.01. The number of nitrogens with zero attached hydrogens (tertiary/aromatic N) is 1. The summed E-state index contributed by atoms with van der Waals surface area (Å²) in [6, 6.07) is 15.8. The Hall–Kier alpha value is -1.84. The van der Waals surface area contributed by atoms with E-state index >= 15 is 0 Å². The van der Waals surface area contributed by atoms with Crippen LogP contribution in [0, 0.1) is 0 Å². The highest BCUT2D eigenvalue weighted by atomic mass is 35.5. The van der Waals surface area contributed by atoms with Gasteiger partial charge < -0.3 is 5.32 Å². The lowest BCUT2D eigenvalue weighted by atomic mass is 10.0. The summed E-state index contributed by atoms with van der Waals surface area (Å²) >= 11 is 5.88. The van der Waals surface area contributed by atoms with Crippen molar-refractivity contribution >= 4 is 17.5 Å². The van der Waals surface area contributed by atoms with Crippen molar-refractivity contribution in [2.24, 2.45) is 0 Å². The zero-order valence-corrected chi connectivity index (χ0v) is 15.3. The average Bonchev–Trinajstić information content (AvgIpc) is 2.64. The van der Waals surface area contributed by atoms with Gasteiger partial charge in [0.25, 0.3) is 0 Å². The third kappa shape index (κ3) is 5.58. The number of halogens is 1. The van der Waals surface area contributed by atoms with Crippen molar-refractivity contribution in [1.29, 1.82) is 0 Å². The highest BCUT2D eigenvalue weighted by Crippen LogP contribution is 2.16. The van der Waals surface area contributed by atoms with Crippen LogP contribution in [0.3, 0.4) is 0 Å². The van der Waals surface area contributed by atoms with Gasteiger partial charge in [0, 0.05) is 18.1 Å². The molecule has 3 nitrogen and oxygen atoms in total. The smallest absolute Gasteiger partial charge is 0.224 e. The van der Waals surface area contributed by atoms with E-state index in [4.69, 9.17) is 11.6 Å². The molecule has 0 bridgehead atoms. The second-order valence-corrected chi connectivity index (χ2v) is 7.12. The van der Waals surface area contributed by atoms with Gasteiger partial charge in [0.05, 0.1) is 6.42 Å². The highest BCUT2D eigenvalue weighted by molar-refractivity contribution is 6.30. The largest absolute Gasteiger partial charge is 0.352 e. The van der Waals surface area contributed by atoms with Crippen molar-refractivity contribution in [3.8, 4) is 0 Å². The van der Waals surface area contributed by atoms with Crippen LogP contribution in [0.25, 0.3) is 0 Å². The normalized spacial score (nSPS) is 15.1. The number of hydrogen-bond donors (Lipinski definition) is 1. The SMILES string of the molecule is O=C(Cc1ccc(Cl)cc1)NCc1ccccc1CN1CCCCC1. The lowest BCUT2D eigenvalue weighted by molar-refractivity contribution is -0.120. The molecule has 1 N–H and O–H groups in total. The lowest BCUT2D eigenvalue weighted by Gasteiger charge is -2.27. The monoisotopic (exact) mass is 356 g/mol. The van der Waals surface area contributed by atoms with Crippen LogP contribution in [0.15, 0.2) is 48.5 Å². The number of amides is 1. The molecule has 0 saturated carbocycles. The third-order valence-electron chi connectivity index (χ3n) is 4.71. The fraction of sp³-hybridized carbons (Fsp3) is 0.381. The number of rotatable bonds is 6. The van der Waals surface area contributed by atoms with Crippen molar-refractivity contribution in [3.05, 3.63) is 70.2 Å². The molecular formula is C21H25ClN2O. The van der Waals surface area contributed by atoms with Crippen molar-refractivity contribution in [3.63, 3.8) is 0 Å². The number of hydrogen-bond acceptors (Lipinski definition) is 2. The molecule has 25 heavy (non-hydrogen) atoms. The van der Waals surface area contributed by atoms with E-state index in [0.29, 0.717) is 18.0 Å². The first kappa shape index (κ1) is 18.0. The summed E-state index contributed by atoms with van der Waals surface area (Å²) in [5.41, 5.74) is 3.50. The Morgan fingerprint density at radius 2 is 1.64 bits per heavy atom. The van der Waals surface area contributed by atoms with Gasteiger partial charge in [0.15, 0.2) is 0 Å². The second-order valence-electron chi connectivity index (χ2n) is 6.69. The maximum atomic E-state index is 12.2. The maximum Gasteiger partial charge on any atom is 0.224 e. The molecule has 1 aliphatic rings. The van der Waals surface area contributed by atoms with E-state index < -0.39 is 0 Å². The predicted molar refractivity (Wildman–Crippen MR) is 103 cm³/mol. The van der Waals surface area contributed by atoms with Crippen molar-refractivity contribution in [2.75, 3.05) is 13.1 Å². The number of nitrogens with one attached hydrogen (secondary N) is 1. The number of benzene rings is 2. The molecule has 0 unspecified atom stereocenters. The summed E-state index contributed by atoms with van der Waals surface area (Å²) in [6.45, 7) is 3.91. The topological polar surface area (TPSA) is 32.3 Å². The van der Waals surface area contributed by atoms with Gasteiger partial charge in [-0.25, -0.2) is 0 Å². The molecule has 0 spiro atoms. The van der Waals surface area contributed by atoms with E-state index in [1.54, 1.807) is 0 Å². The summed E-state index contributed by atoms with van der Waals surface area (Å²) in [6.07, 6.45) is 4.31. The Balaban J connectivity index is 1.55. The molecule has 1 fully saturated rings. The van der Waals surface area contributed by atoms with Gasteiger partial charge in [-0.1, -0.05) is 54.4 Å². The Kier molecular flexibility index (Phi) is 6.48. The average molecular weight is 357 g/mol. The van der Waals surface area contributed by atoms with E-state index in [9.17, 15) is 4.79 Å². The number of piperidine rings is 1. The molecule has 3 rings (SSSR count). The fourth-order valence-corrected chi connectivity index (χ4v) is 3.41. The molecule has 1 heterocycles. The molecule has 132 valence electrons. The maximum absolute atomic E-state index is 12.2. The van der Waals surface area contributed by atoms with E-state index in [2.05, 4.69) is 28.4 Å². The molecule has 1 amide bonds. The minimum atomic E-state index is 0.0371. The van der Waals surface area contributed by atoms with Crippen molar-refractivity contribution in [1.82, 2.24) is 10.2 Å². The van der Waals surface area contributed by atoms with Gasteiger partial charge in [0.2, 0.25) is 5.91 Å². The third-order valence-corrected chi connectivity index (χ3v) is 4.97. The molecule has 2 aromatic rings. The molecule has 4 heteroatoms. The molecule has 0 atom stereocenters. The molecule has 0 aliphatic carbocycles. The van der Waals surface area contributed by atoms with Crippen LogP contribution < -0.4 is 5.32 Å². The molecule has 1 aliphatic heterocycles. The van der Waals surface area contributed by atoms with Crippen LogP contribution in [-0.2, 0) is 24.3 Å². The number of carbonyl (C=O) groups is 1. The number of likely N-dealkylation sites (tertiary alicyclic amines) is 1. The molecule has 0 aromatic heterocycles. The summed E-state index contributed by atoms with van der Waals surface area (Å²) in [7, 11) is 0. The molecular weight excluding hydrogens is 332 g/mol. The van der Waals surface area contributed by atoms with Gasteiger partial charge in [-0.05, 0) is 54.8 Å². The van der Waals surface area contributed by atoms with Crippen LogP contribution in [0.5, 0.6) is 0 Å². The fourth-order valence-electron chi connectivity index (χ4n) is 3.29. The first-order valence-corrected chi connectivity index (χ1v) is 9.39. The van der Waals surface area contributed by atoms with E-state index in [1.165, 1.54) is 43.5 Å². The standard InChI is InChI=1S/C21H25ClN2O/c22-20-10-8-17(9-11-20)14-21(25)23-15-18-6-2-3-7-19(18)16-24-12-4-1-5-13-24/h2-3,6-11H,1,4-5,12-16H2,(H,23,25). The minimum Gasteiger partial charge on any atom is -0.352 e. The van der Waals surface area contributed by atoms with Crippen LogP contribution in [0.4, 0.5) is 0 Å². The van der Waals surface area contributed by atoms with Gasteiger partial charge in [-0.3, -0.25) is 9.69 Å². The predicted octanol–water partition coefficient (Wildman–Crippen LogP) is 4.18. The zero-order valence-electron chi connectivity index (χ0n) is 14.5. The van der Waals surface area contributed by atoms with Crippen molar-refractivity contribution in [2.45, 2.75) is 38.8 Å².